The van der Waals surface area contributed by atoms with Crippen LogP contribution in [0.15, 0.2) is 35.3 Å². The van der Waals surface area contributed by atoms with Crippen LogP contribution >= 0.6 is 35.3 Å². The van der Waals surface area contributed by atoms with Crippen molar-refractivity contribution in [3.05, 3.63) is 51.5 Å². The van der Waals surface area contributed by atoms with Crippen molar-refractivity contribution < 1.29 is 4.74 Å². The van der Waals surface area contributed by atoms with Gasteiger partial charge in [0.15, 0.2) is 5.96 Å². The molecule has 0 amide bonds. The van der Waals surface area contributed by atoms with Gasteiger partial charge in [0.2, 0.25) is 0 Å². The maximum Gasteiger partial charge on any atom is 0.191 e. The van der Waals surface area contributed by atoms with Crippen LogP contribution in [0.4, 0.5) is 0 Å². The molecule has 0 atom stereocenters. The fourth-order valence-electron chi connectivity index (χ4n) is 2.43. The van der Waals surface area contributed by atoms with E-state index in [0.29, 0.717) is 19.8 Å². The molecule has 0 bridgehead atoms. The molecule has 0 aliphatic rings. The summed E-state index contributed by atoms with van der Waals surface area (Å²) in [5.41, 5.74) is 2.33. The molecule has 1 aromatic carbocycles. The van der Waals surface area contributed by atoms with Crippen molar-refractivity contribution in [1.29, 1.82) is 0 Å². The zero-order valence-electron chi connectivity index (χ0n) is 15.7. The summed E-state index contributed by atoms with van der Waals surface area (Å²) in [5, 5.41) is 7.77. The Morgan fingerprint density at radius 3 is 2.62 bits per heavy atom. The molecule has 0 unspecified atom stereocenters. The monoisotopic (exact) mass is 488 g/mol. The molecule has 26 heavy (non-hydrogen) atoms. The minimum atomic E-state index is 0. The van der Waals surface area contributed by atoms with Crippen LogP contribution in [0.25, 0.3) is 0 Å². The molecule has 0 fully saturated rings. The second-order valence-corrected chi connectivity index (χ2v) is 7.00. The van der Waals surface area contributed by atoms with Crippen molar-refractivity contribution in [2.24, 2.45) is 4.99 Å². The van der Waals surface area contributed by atoms with Gasteiger partial charge in [0.25, 0.3) is 0 Å². The number of halogens is 1. The molecular formula is C19H29IN4OS. The highest BCUT2D eigenvalue weighted by atomic mass is 127. The molecule has 0 aliphatic carbocycles. The number of ether oxygens (including phenoxy) is 1. The van der Waals surface area contributed by atoms with Crippen LogP contribution in [-0.2, 0) is 17.8 Å². The van der Waals surface area contributed by atoms with E-state index in [2.05, 4.69) is 53.5 Å². The summed E-state index contributed by atoms with van der Waals surface area (Å²) < 4.78 is 5.67. The predicted octanol–water partition coefficient (Wildman–Crippen LogP) is 3.69. The third-order valence-electron chi connectivity index (χ3n) is 3.61. The van der Waals surface area contributed by atoms with E-state index < -0.39 is 0 Å². The number of benzene rings is 1. The van der Waals surface area contributed by atoms with Crippen LogP contribution in [0.3, 0.4) is 0 Å². The van der Waals surface area contributed by atoms with Crippen LogP contribution in [0, 0.1) is 13.8 Å². The molecule has 0 saturated carbocycles. The van der Waals surface area contributed by atoms with Gasteiger partial charge in [0.1, 0.15) is 0 Å². The van der Waals surface area contributed by atoms with Gasteiger partial charge in [-0.05, 0) is 26.3 Å². The van der Waals surface area contributed by atoms with Crippen LogP contribution in [0.1, 0.15) is 28.1 Å². The average Bonchev–Trinajstić information content (AvgIpc) is 2.93. The van der Waals surface area contributed by atoms with E-state index in [4.69, 9.17) is 4.74 Å². The van der Waals surface area contributed by atoms with E-state index in [9.17, 15) is 0 Å². The van der Waals surface area contributed by atoms with E-state index in [-0.39, 0.29) is 24.0 Å². The standard InChI is InChI=1S/C19H28N4OS.HI/c1-4-20-19(21-11-10-18-15(2)23-16(3)25-18)22-12-13-24-14-17-8-6-5-7-9-17;/h5-9H,4,10-14H2,1-3H3,(H2,20,21,22);1H. The molecular weight excluding hydrogens is 459 g/mol. The summed E-state index contributed by atoms with van der Waals surface area (Å²) in [6.07, 6.45) is 0.965. The highest BCUT2D eigenvalue weighted by Gasteiger charge is 2.05. The maximum absolute atomic E-state index is 5.67. The molecule has 7 heteroatoms. The van der Waals surface area contributed by atoms with E-state index >= 15 is 0 Å². The molecule has 2 rings (SSSR count). The van der Waals surface area contributed by atoms with Gasteiger partial charge in [-0.25, -0.2) is 4.98 Å². The van der Waals surface area contributed by atoms with E-state index in [1.54, 1.807) is 11.3 Å². The second kappa shape index (κ2) is 13.1. The Morgan fingerprint density at radius 1 is 1.19 bits per heavy atom. The SMILES string of the molecule is CCNC(=NCCOCc1ccccc1)NCCc1sc(C)nc1C.I. The van der Waals surface area contributed by atoms with Crippen molar-refractivity contribution in [2.75, 3.05) is 26.2 Å². The number of hydrogen-bond acceptors (Lipinski definition) is 4. The Kier molecular flexibility index (Phi) is 11.5. The molecule has 144 valence electrons. The summed E-state index contributed by atoms with van der Waals surface area (Å²) in [7, 11) is 0. The highest BCUT2D eigenvalue weighted by Crippen LogP contribution is 2.16. The van der Waals surface area contributed by atoms with Crippen molar-refractivity contribution in [1.82, 2.24) is 15.6 Å². The molecule has 0 radical (unpaired) electrons. The topological polar surface area (TPSA) is 58.5 Å². The first-order valence-corrected chi connectivity index (χ1v) is 9.57. The van der Waals surface area contributed by atoms with Crippen LogP contribution in [0.5, 0.6) is 0 Å². The van der Waals surface area contributed by atoms with E-state index in [1.165, 1.54) is 10.4 Å². The third kappa shape index (κ3) is 8.46. The number of thiazole rings is 1. The van der Waals surface area contributed by atoms with Gasteiger partial charge in [-0.1, -0.05) is 30.3 Å². The van der Waals surface area contributed by atoms with Crippen molar-refractivity contribution in [2.45, 2.75) is 33.8 Å². The summed E-state index contributed by atoms with van der Waals surface area (Å²) >= 11 is 1.77. The maximum atomic E-state index is 5.67. The summed E-state index contributed by atoms with van der Waals surface area (Å²) in [6, 6.07) is 10.2. The van der Waals surface area contributed by atoms with Gasteiger partial charge in [-0.3, -0.25) is 4.99 Å². The number of aryl methyl sites for hydroxylation is 2. The smallest absolute Gasteiger partial charge is 0.191 e. The number of guanidine groups is 1. The first kappa shape index (κ1) is 22.9. The molecule has 2 aromatic rings. The fraction of sp³-hybridized carbons (Fsp3) is 0.474. The lowest BCUT2D eigenvalue weighted by Crippen LogP contribution is -2.38. The second-order valence-electron chi connectivity index (χ2n) is 5.72. The van der Waals surface area contributed by atoms with Gasteiger partial charge in [-0.15, -0.1) is 35.3 Å². The number of aromatic nitrogens is 1. The third-order valence-corrected chi connectivity index (χ3v) is 4.74. The quantitative estimate of drug-likeness (QED) is 0.245. The zero-order valence-corrected chi connectivity index (χ0v) is 18.9. The van der Waals surface area contributed by atoms with Crippen molar-refractivity contribution >= 4 is 41.3 Å². The largest absolute Gasteiger partial charge is 0.375 e. The molecule has 0 aliphatic heterocycles. The minimum Gasteiger partial charge on any atom is -0.375 e. The van der Waals surface area contributed by atoms with Gasteiger partial charge in [-0.2, -0.15) is 0 Å². The van der Waals surface area contributed by atoms with E-state index in [1.807, 2.05) is 18.2 Å². The van der Waals surface area contributed by atoms with Gasteiger partial charge >= 0.3 is 0 Å². The number of rotatable bonds is 9. The fourth-order valence-corrected chi connectivity index (χ4v) is 3.36. The lowest BCUT2D eigenvalue weighted by atomic mass is 10.2. The molecule has 1 heterocycles. The van der Waals surface area contributed by atoms with Crippen LogP contribution in [-0.4, -0.2) is 37.2 Å². The number of nitrogens with one attached hydrogen (secondary N) is 2. The molecule has 2 N–H and O–H groups in total. The van der Waals surface area contributed by atoms with Gasteiger partial charge < -0.3 is 15.4 Å². The Bertz CT molecular complexity index is 661. The lowest BCUT2D eigenvalue weighted by molar-refractivity contribution is 0.128. The highest BCUT2D eigenvalue weighted by molar-refractivity contribution is 14.0. The molecule has 0 spiro atoms. The first-order chi connectivity index (χ1) is 12.2. The number of hydrogen-bond donors (Lipinski definition) is 2. The summed E-state index contributed by atoms with van der Waals surface area (Å²) in [4.78, 5) is 10.4. The Morgan fingerprint density at radius 2 is 1.96 bits per heavy atom. The first-order valence-electron chi connectivity index (χ1n) is 8.75. The summed E-state index contributed by atoms with van der Waals surface area (Å²) in [6.45, 7) is 9.76. The Labute approximate surface area is 177 Å². The molecule has 1 aromatic heterocycles. The Balaban J connectivity index is 0.00000338. The Hall–Kier alpha value is -1.19. The van der Waals surface area contributed by atoms with Crippen molar-refractivity contribution in [3.63, 3.8) is 0 Å². The molecule has 0 saturated heterocycles. The normalized spacial score (nSPS) is 11.1. The van der Waals surface area contributed by atoms with Crippen LogP contribution in [0.2, 0.25) is 0 Å². The van der Waals surface area contributed by atoms with Gasteiger partial charge in [0.05, 0.1) is 30.5 Å². The predicted molar refractivity (Wildman–Crippen MR) is 121 cm³/mol. The summed E-state index contributed by atoms with van der Waals surface area (Å²) in [5.74, 6) is 0.838. The number of aliphatic imine (C=N–C) groups is 1. The lowest BCUT2D eigenvalue weighted by Gasteiger charge is -2.11. The zero-order chi connectivity index (χ0) is 17.9. The van der Waals surface area contributed by atoms with Crippen molar-refractivity contribution in [3.8, 4) is 0 Å². The van der Waals surface area contributed by atoms with Crippen LogP contribution < -0.4 is 10.6 Å². The average molecular weight is 488 g/mol. The molecule has 5 nitrogen and oxygen atoms in total. The number of nitrogens with zero attached hydrogens (tertiary/aromatic N) is 2. The van der Waals surface area contributed by atoms with Gasteiger partial charge in [0, 0.05) is 24.4 Å². The van der Waals surface area contributed by atoms with E-state index in [0.717, 1.165) is 36.2 Å². The minimum absolute atomic E-state index is 0.